The van der Waals surface area contributed by atoms with Gasteiger partial charge < -0.3 is 9.15 Å². The van der Waals surface area contributed by atoms with Crippen LogP contribution in [0.25, 0.3) is 17.3 Å². The number of benzene rings is 1. The Morgan fingerprint density at radius 3 is 2.67 bits per heavy atom. The van der Waals surface area contributed by atoms with Gasteiger partial charge in [-0.2, -0.15) is 4.72 Å². The summed E-state index contributed by atoms with van der Waals surface area (Å²) in [5.41, 5.74) is 7.23. The molecule has 2 saturated heterocycles. The Kier molecular flexibility index (Phi) is 9.55. The van der Waals surface area contributed by atoms with E-state index in [0.717, 1.165) is 48.4 Å². The monoisotopic (exact) mass is 676 g/mol. The number of rotatable bonds is 6. The first-order valence-corrected chi connectivity index (χ1v) is 19.3. The molecule has 2 aliphatic heterocycles. The molecule has 2 saturated carbocycles. The van der Waals surface area contributed by atoms with E-state index in [1.807, 2.05) is 32.2 Å². The molecule has 1 aromatic carbocycles. The number of hydrogen-bond acceptors (Lipinski definition) is 9. The number of ether oxygens (including phenoxy) is 1. The van der Waals surface area contributed by atoms with E-state index >= 15 is 0 Å². The number of aromatic nitrogens is 2. The predicted molar refractivity (Wildman–Crippen MR) is 188 cm³/mol. The number of fused-ring (bicyclic) bond motifs is 5. The van der Waals surface area contributed by atoms with Crippen molar-refractivity contribution in [2.75, 3.05) is 13.2 Å². The van der Waals surface area contributed by atoms with Crippen LogP contribution in [-0.4, -0.2) is 60.2 Å². The summed E-state index contributed by atoms with van der Waals surface area (Å²) in [4.78, 5) is 12.2. The van der Waals surface area contributed by atoms with Gasteiger partial charge in [0.1, 0.15) is 23.8 Å². The highest BCUT2D eigenvalue weighted by Gasteiger charge is 2.43. The van der Waals surface area contributed by atoms with Gasteiger partial charge in [-0.25, -0.2) is 18.4 Å². The third-order valence-electron chi connectivity index (χ3n) is 11.0. The molecular weight excluding hydrogens is 625 g/mol. The van der Waals surface area contributed by atoms with E-state index in [1.165, 1.54) is 29.5 Å². The highest BCUT2D eigenvalue weighted by molar-refractivity contribution is 7.90. The van der Waals surface area contributed by atoms with Gasteiger partial charge in [0, 0.05) is 37.7 Å². The summed E-state index contributed by atoms with van der Waals surface area (Å²) in [5.74, 6) is 1.01. The summed E-state index contributed by atoms with van der Waals surface area (Å²) in [7, 11) is -3.60. The maximum Gasteiger partial charge on any atom is 0.245 e. The van der Waals surface area contributed by atoms with Crippen LogP contribution in [0.2, 0.25) is 0 Å². The van der Waals surface area contributed by atoms with Crippen molar-refractivity contribution in [3.8, 4) is 0 Å². The molecule has 4 fully saturated rings. The second-order valence-electron chi connectivity index (χ2n) is 15.5. The standard InChI is InChI=1S/C37H52N6O4S/c1-23(2)14-29-16-32-35(47-29)38-19-27(39-32)21-43-20-26-10-7-11-30(15-26)48(44,45)42-36-40-31(34-24(3)8-6-9-25(34)4)17-33(41-36)46-22-28(43)18-37(5)12-13-37/h6,8-9,14,16,19,26,28,30-31,33,36,40-42H,7,10-13,15,17-18,20-22H2,1-5H3/t26?,28-,30?,31?,33?,36?/m1/s1. The van der Waals surface area contributed by atoms with Crippen molar-refractivity contribution < 1.29 is 17.6 Å². The molecule has 48 heavy (non-hydrogen) atoms. The molecule has 5 unspecified atom stereocenters. The zero-order valence-corrected chi connectivity index (χ0v) is 29.9. The first-order chi connectivity index (χ1) is 22.9. The second-order valence-corrected chi connectivity index (χ2v) is 17.5. The molecule has 0 amide bonds. The molecule has 2 aliphatic carbocycles. The fourth-order valence-corrected chi connectivity index (χ4v) is 9.86. The number of hydrogen-bond donors (Lipinski definition) is 3. The smallest absolute Gasteiger partial charge is 0.245 e. The molecule has 7 rings (SSSR count). The van der Waals surface area contributed by atoms with Crippen molar-refractivity contribution in [1.82, 2.24) is 30.2 Å². The van der Waals surface area contributed by atoms with Crippen LogP contribution in [0, 0.1) is 25.2 Å². The van der Waals surface area contributed by atoms with E-state index in [2.05, 4.69) is 64.2 Å². The first kappa shape index (κ1) is 33.8. The molecule has 0 radical (unpaired) electrons. The average molecular weight is 677 g/mol. The van der Waals surface area contributed by atoms with Gasteiger partial charge in [0.2, 0.25) is 15.7 Å². The topological polar surface area (TPSA) is 122 Å². The molecule has 4 heterocycles. The van der Waals surface area contributed by atoms with Crippen LogP contribution < -0.4 is 15.4 Å². The zero-order valence-electron chi connectivity index (χ0n) is 29.1. The summed E-state index contributed by atoms with van der Waals surface area (Å²) >= 11 is 0. The van der Waals surface area contributed by atoms with Crippen LogP contribution in [0.5, 0.6) is 0 Å². The van der Waals surface area contributed by atoms with Crippen molar-refractivity contribution in [1.29, 1.82) is 0 Å². The van der Waals surface area contributed by atoms with Crippen LogP contribution in [-0.2, 0) is 21.3 Å². The first-order valence-electron chi connectivity index (χ1n) is 17.8. The van der Waals surface area contributed by atoms with Gasteiger partial charge in [-0.15, -0.1) is 0 Å². The van der Waals surface area contributed by atoms with E-state index in [9.17, 15) is 8.42 Å². The molecule has 3 N–H and O–H groups in total. The Balaban J connectivity index is 1.22. The van der Waals surface area contributed by atoms with Gasteiger partial charge in [0.05, 0.1) is 23.7 Å². The van der Waals surface area contributed by atoms with Crippen molar-refractivity contribution in [3.63, 3.8) is 0 Å². The van der Waals surface area contributed by atoms with Crippen LogP contribution in [0.15, 0.2) is 40.5 Å². The minimum absolute atomic E-state index is 0.0573. The van der Waals surface area contributed by atoms with E-state index in [4.69, 9.17) is 14.1 Å². The van der Waals surface area contributed by atoms with Crippen LogP contribution >= 0.6 is 0 Å². The molecule has 0 spiro atoms. The molecule has 3 aromatic rings. The maximum absolute atomic E-state index is 13.9. The number of allylic oxidation sites excluding steroid dienone is 1. The van der Waals surface area contributed by atoms with Crippen LogP contribution in [0.1, 0.15) is 106 Å². The number of furan rings is 1. The lowest BCUT2D eigenvalue weighted by Gasteiger charge is -2.40. The number of nitrogens with zero attached hydrogens (tertiary/aromatic N) is 3. The molecular formula is C37H52N6O4S. The quantitative estimate of drug-likeness (QED) is 0.286. The fraction of sp³-hybridized carbons (Fsp3) is 0.622. The van der Waals surface area contributed by atoms with Gasteiger partial charge in [-0.05, 0) is 100 Å². The summed E-state index contributed by atoms with van der Waals surface area (Å²) in [6, 6.07) is 8.38. The van der Waals surface area contributed by atoms with E-state index in [1.54, 1.807) is 0 Å². The Labute approximate surface area is 285 Å². The maximum atomic E-state index is 13.9. The van der Waals surface area contributed by atoms with Crippen molar-refractivity contribution in [2.45, 2.75) is 122 Å². The Bertz CT molecular complexity index is 1740. The summed E-state index contributed by atoms with van der Waals surface area (Å²) in [6.07, 6.45) is 10.3. The lowest BCUT2D eigenvalue weighted by molar-refractivity contribution is -0.0496. The second kappa shape index (κ2) is 13.6. The van der Waals surface area contributed by atoms with Gasteiger partial charge in [0.25, 0.3) is 0 Å². The molecule has 11 heteroatoms. The van der Waals surface area contributed by atoms with Gasteiger partial charge in [0.15, 0.2) is 0 Å². The van der Waals surface area contributed by atoms with E-state index in [-0.39, 0.29) is 24.2 Å². The molecule has 260 valence electrons. The Morgan fingerprint density at radius 1 is 1.12 bits per heavy atom. The molecule has 2 aromatic heterocycles. The molecule has 6 atom stereocenters. The van der Waals surface area contributed by atoms with Gasteiger partial charge in [-0.3, -0.25) is 15.5 Å². The van der Waals surface area contributed by atoms with E-state index < -0.39 is 21.6 Å². The van der Waals surface area contributed by atoms with Crippen molar-refractivity contribution in [3.05, 3.63) is 64.2 Å². The van der Waals surface area contributed by atoms with E-state index in [0.29, 0.717) is 43.5 Å². The molecule has 4 bridgehead atoms. The Hall–Kier alpha value is -2.67. The average Bonchev–Trinajstić information content (AvgIpc) is 3.62. The van der Waals surface area contributed by atoms with Crippen molar-refractivity contribution >= 4 is 27.3 Å². The minimum Gasteiger partial charge on any atom is -0.437 e. The van der Waals surface area contributed by atoms with Crippen LogP contribution in [0.3, 0.4) is 0 Å². The number of nitrogens with one attached hydrogen (secondary N) is 3. The predicted octanol–water partition coefficient (Wildman–Crippen LogP) is 6.07. The minimum atomic E-state index is -3.60. The third-order valence-corrected chi connectivity index (χ3v) is 12.8. The highest BCUT2D eigenvalue weighted by Crippen LogP contribution is 2.50. The highest BCUT2D eigenvalue weighted by atomic mass is 32.2. The fourth-order valence-electron chi connectivity index (χ4n) is 8.20. The zero-order chi connectivity index (χ0) is 33.6. The normalized spacial score (nSPS) is 30.5. The third kappa shape index (κ3) is 7.71. The van der Waals surface area contributed by atoms with Crippen LogP contribution in [0.4, 0.5) is 0 Å². The largest absolute Gasteiger partial charge is 0.437 e. The van der Waals surface area contributed by atoms with Crippen molar-refractivity contribution in [2.24, 2.45) is 11.3 Å². The molecule has 4 aliphatic rings. The SMILES string of the molecule is CC(C)=Cc1cc2nc(CN3CC4CCCC(C4)S(=O)(=O)NC4NC(CC(c5c(C)cccc5C)N4)OC[C@H]3CC3(C)CC3)cnc2o1. The lowest BCUT2D eigenvalue weighted by atomic mass is 9.87. The summed E-state index contributed by atoms with van der Waals surface area (Å²) < 4.78 is 43.7. The summed E-state index contributed by atoms with van der Waals surface area (Å²) in [5, 5.41) is 6.64. The molecule has 10 nitrogen and oxygen atoms in total. The lowest BCUT2D eigenvalue weighted by Crippen LogP contribution is -2.64. The Morgan fingerprint density at radius 2 is 1.92 bits per heavy atom. The van der Waals surface area contributed by atoms with Gasteiger partial charge in [-0.1, -0.05) is 37.1 Å². The summed E-state index contributed by atoms with van der Waals surface area (Å²) in [6.45, 7) is 12.7. The number of aryl methyl sites for hydroxylation is 2. The number of sulfonamides is 1. The van der Waals surface area contributed by atoms with Gasteiger partial charge >= 0.3 is 0 Å².